The molecule has 0 radical (unpaired) electrons. The minimum atomic E-state index is -0.322. The molecular formula is C14H14BrFN2O2. The first-order valence-corrected chi connectivity index (χ1v) is 6.95. The van der Waals surface area contributed by atoms with E-state index in [1.54, 1.807) is 30.8 Å². The predicted octanol–water partition coefficient (Wildman–Crippen LogP) is 3.09. The van der Waals surface area contributed by atoms with Gasteiger partial charge in [0.15, 0.2) is 0 Å². The van der Waals surface area contributed by atoms with Crippen LogP contribution in [0.3, 0.4) is 0 Å². The monoisotopic (exact) mass is 340 g/mol. The van der Waals surface area contributed by atoms with E-state index < -0.39 is 0 Å². The smallest absolute Gasteiger partial charge is 0.311 e. The Labute approximate surface area is 124 Å². The van der Waals surface area contributed by atoms with Crippen molar-refractivity contribution in [3.63, 3.8) is 0 Å². The van der Waals surface area contributed by atoms with Crippen molar-refractivity contribution in [3.05, 3.63) is 40.2 Å². The molecular weight excluding hydrogens is 327 g/mol. The van der Waals surface area contributed by atoms with Crippen molar-refractivity contribution in [2.24, 2.45) is 7.05 Å². The molecule has 1 heterocycles. The lowest BCUT2D eigenvalue weighted by molar-refractivity contribution is -0.142. The maximum Gasteiger partial charge on any atom is 0.311 e. The van der Waals surface area contributed by atoms with E-state index in [0.717, 1.165) is 15.7 Å². The van der Waals surface area contributed by atoms with Gasteiger partial charge in [0, 0.05) is 12.6 Å². The molecule has 6 heteroatoms. The highest BCUT2D eigenvalue weighted by atomic mass is 79.9. The molecule has 106 valence electrons. The fraction of sp³-hybridized carbons (Fsp3) is 0.286. The van der Waals surface area contributed by atoms with Crippen molar-refractivity contribution in [3.8, 4) is 11.3 Å². The summed E-state index contributed by atoms with van der Waals surface area (Å²) in [7, 11) is 1.78. The predicted molar refractivity (Wildman–Crippen MR) is 76.6 cm³/mol. The second-order valence-corrected chi connectivity index (χ2v) is 5.01. The average Bonchev–Trinajstić information content (AvgIpc) is 2.66. The van der Waals surface area contributed by atoms with Crippen LogP contribution < -0.4 is 0 Å². The third kappa shape index (κ3) is 3.07. The summed E-state index contributed by atoms with van der Waals surface area (Å²) < 4.78 is 20.3. The summed E-state index contributed by atoms with van der Waals surface area (Å²) in [6, 6.07) is 6.12. The number of carbonyl (C=O) groups excluding carboxylic acids is 1. The van der Waals surface area contributed by atoms with E-state index in [1.807, 2.05) is 0 Å². The van der Waals surface area contributed by atoms with Crippen molar-refractivity contribution in [1.29, 1.82) is 0 Å². The van der Waals surface area contributed by atoms with Gasteiger partial charge >= 0.3 is 5.97 Å². The van der Waals surface area contributed by atoms with Gasteiger partial charge in [-0.15, -0.1) is 0 Å². The largest absolute Gasteiger partial charge is 0.466 e. The second kappa shape index (κ2) is 6.17. The number of aryl methyl sites for hydroxylation is 1. The lowest BCUT2D eigenvalue weighted by Gasteiger charge is -2.03. The van der Waals surface area contributed by atoms with Crippen LogP contribution in [-0.2, 0) is 23.0 Å². The van der Waals surface area contributed by atoms with Gasteiger partial charge in [0.05, 0.1) is 28.9 Å². The number of ether oxygens (including phenoxy) is 1. The summed E-state index contributed by atoms with van der Waals surface area (Å²) in [6.45, 7) is 2.10. The lowest BCUT2D eigenvalue weighted by atomic mass is 10.1. The molecule has 0 N–H and O–H groups in total. The molecule has 0 saturated carbocycles. The Balaban J connectivity index is 2.33. The van der Waals surface area contributed by atoms with Crippen LogP contribution in [-0.4, -0.2) is 22.4 Å². The molecule has 2 aromatic rings. The minimum Gasteiger partial charge on any atom is -0.466 e. The number of aromatic nitrogens is 2. The minimum absolute atomic E-state index is 0.101. The number of hydrogen-bond donors (Lipinski definition) is 0. The van der Waals surface area contributed by atoms with E-state index >= 15 is 0 Å². The van der Waals surface area contributed by atoms with Gasteiger partial charge in [-0.1, -0.05) is 0 Å². The molecule has 0 amide bonds. The zero-order chi connectivity index (χ0) is 14.7. The normalized spacial score (nSPS) is 10.6. The van der Waals surface area contributed by atoms with Gasteiger partial charge in [-0.3, -0.25) is 9.48 Å². The van der Waals surface area contributed by atoms with Gasteiger partial charge in [0.25, 0.3) is 0 Å². The highest BCUT2D eigenvalue weighted by Gasteiger charge is 2.18. The third-order valence-electron chi connectivity index (χ3n) is 2.79. The van der Waals surface area contributed by atoms with Gasteiger partial charge in [-0.2, -0.15) is 5.10 Å². The van der Waals surface area contributed by atoms with Crippen molar-refractivity contribution in [1.82, 2.24) is 9.78 Å². The van der Waals surface area contributed by atoms with Crippen LogP contribution in [0.2, 0.25) is 0 Å². The highest BCUT2D eigenvalue weighted by Crippen LogP contribution is 2.31. The Hall–Kier alpha value is -1.69. The topological polar surface area (TPSA) is 44.1 Å². The number of carbonyl (C=O) groups is 1. The summed E-state index contributed by atoms with van der Waals surface area (Å²) in [5.41, 5.74) is 2.22. The maximum absolute atomic E-state index is 13.0. The van der Waals surface area contributed by atoms with E-state index in [1.165, 1.54) is 12.1 Å². The van der Waals surface area contributed by atoms with Crippen molar-refractivity contribution in [2.45, 2.75) is 13.3 Å². The van der Waals surface area contributed by atoms with E-state index in [0.29, 0.717) is 12.3 Å². The van der Waals surface area contributed by atoms with Crippen LogP contribution >= 0.6 is 15.9 Å². The standard InChI is InChI=1S/C14H14BrFN2O2/c1-3-20-12(19)8-11-13(15)14(18(2)17-11)9-4-6-10(16)7-5-9/h4-7H,3,8H2,1-2H3. The van der Waals surface area contributed by atoms with Gasteiger partial charge in [0.2, 0.25) is 0 Å². The fourth-order valence-electron chi connectivity index (χ4n) is 1.94. The van der Waals surface area contributed by atoms with Crippen LogP contribution in [0, 0.1) is 5.82 Å². The molecule has 2 rings (SSSR count). The zero-order valence-corrected chi connectivity index (χ0v) is 12.8. The molecule has 0 bridgehead atoms. The number of hydrogen-bond acceptors (Lipinski definition) is 3. The Kier molecular flexibility index (Phi) is 4.54. The van der Waals surface area contributed by atoms with E-state index in [4.69, 9.17) is 4.74 Å². The molecule has 0 aliphatic heterocycles. The number of nitrogens with zero attached hydrogens (tertiary/aromatic N) is 2. The molecule has 1 aromatic heterocycles. The van der Waals surface area contributed by atoms with E-state index in [2.05, 4.69) is 21.0 Å². The maximum atomic E-state index is 13.0. The first-order chi connectivity index (χ1) is 9.52. The number of benzene rings is 1. The van der Waals surface area contributed by atoms with Gasteiger partial charge < -0.3 is 4.74 Å². The first-order valence-electron chi connectivity index (χ1n) is 6.15. The zero-order valence-electron chi connectivity index (χ0n) is 11.2. The SMILES string of the molecule is CCOC(=O)Cc1nn(C)c(-c2ccc(F)cc2)c1Br. The van der Waals surface area contributed by atoms with Crippen molar-refractivity contribution < 1.29 is 13.9 Å². The Morgan fingerprint density at radius 1 is 1.40 bits per heavy atom. The second-order valence-electron chi connectivity index (χ2n) is 4.22. The Morgan fingerprint density at radius 3 is 2.65 bits per heavy atom. The molecule has 0 saturated heterocycles. The van der Waals surface area contributed by atoms with E-state index in [9.17, 15) is 9.18 Å². The Morgan fingerprint density at radius 2 is 2.05 bits per heavy atom. The molecule has 0 atom stereocenters. The summed E-state index contributed by atoms with van der Waals surface area (Å²) >= 11 is 3.45. The molecule has 4 nitrogen and oxygen atoms in total. The van der Waals surface area contributed by atoms with Crippen LogP contribution in [0.25, 0.3) is 11.3 Å². The van der Waals surface area contributed by atoms with Crippen molar-refractivity contribution >= 4 is 21.9 Å². The highest BCUT2D eigenvalue weighted by molar-refractivity contribution is 9.10. The van der Waals surface area contributed by atoms with Crippen LogP contribution in [0.5, 0.6) is 0 Å². The summed E-state index contributed by atoms with van der Waals surface area (Å²) in [5.74, 6) is -0.615. The number of esters is 1. The third-order valence-corrected chi connectivity index (χ3v) is 3.62. The van der Waals surface area contributed by atoms with Crippen LogP contribution in [0.15, 0.2) is 28.7 Å². The summed E-state index contributed by atoms with van der Waals surface area (Å²) in [6.07, 6.45) is 0.101. The molecule has 0 fully saturated rings. The quantitative estimate of drug-likeness (QED) is 0.803. The molecule has 0 aliphatic carbocycles. The molecule has 0 unspecified atom stereocenters. The summed E-state index contributed by atoms with van der Waals surface area (Å²) in [5, 5.41) is 4.31. The van der Waals surface area contributed by atoms with Gasteiger partial charge in [0.1, 0.15) is 5.82 Å². The Bertz CT molecular complexity index is 623. The lowest BCUT2D eigenvalue weighted by Crippen LogP contribution is -2.08. The van der Waals surface area contributed by atoms with E-state index in [-0.39, 0.29) is 18.2 Å². The molecule has 0 spiro atoms. The van der Waals surface area contributed by atoms with Crippen LogP contribution in [0.1, 0.15) is 12.6 Å². The molecule has 1 aromatic carbocycles. The average molecular weight is 341 g/mol. The summed E-state index contributed by atoms with van der Waals surface area (Å²) in [4.78, 5) is 11.5. The number of rotatable bonds is 4. The fourth-order valence-corrected chi connectivity index (χ4v) is 2.64. The molecule has 0 aliphatic rings. The molecule has 20 heavy (non-hydrogen) atoms. The van der Waals surface area contributed by atoms with Gasteiger partial charge in [-0.05, 0) is 47.1 Å². The van der Waals surface area contributed by atoms with Gasteiger partial charge in [-0.25, -0.2) is 4.39 Å². The first kappa shape index (κ1) is 14.7. The number of halogens is 2. The van der Waals surface area contributed by atoms with Crippen LogP contribution in [0.4, 0.5) is 4.39 Å². The van der Waals surface area contributed by atoms with Crippen molar-refractivity contribution in [2.75, 3.05) is 6.61 Å².